The minimum absolute atomic E-state index is 0.0336. The highest BCUT2D eigenvalue weighted by atomic mass is 16.4. The third-order valence-electron chi connectivity index (χ3n) is 2.25. The van der Waals surface area contributed by atoms with E-state index >= 15 is 0 Å². The van der Waals surface area contributed by atoms with Crippen LogP contribution in [0.5, 0.6) is 0 Å². The quantitative estimate of drug-likeness (QED) is 0.566. The molecule has 1 rings (SSSR count). The molecule has 5 nitrogen and oxygen atoms in total. The maximum absolute atomic E-state index is 11.2. The van der Waals surface area contributed by atoms with E-state index < -0.39 is 12.0 Å². The molecule has 0 radical (unpaired) electrons. The zero-order valence-electron chi connectivity index (χ0n) is 8.32. The summed E-state index contributed by atoms with van der Waals surface area (Å²) in [5, 5.41) is 13.7. The van der Waals surface area contributed by atoms with E-state index in [1.54, 1.807) is 0 Å². The average molecular weight is 210 g/mol. The van der Waals surface area contributed by atoms with Gasteiger partial charge in [-0.05, 0) is 18.8 Å². The molecular weight excluding hydrogens is 196 g/mol. The second-order valence-corrected chi connectivity index (χ2v) is 3.57. The highest BCUT2D eigenvalue weighted by molar-refractivity contribution is 5.76. The standard InChI is InChI=1S/C10H14N2O3/c1-2-5-11-10(15)12-8(6-9(13)14)7-3-4-7/h1,7-8H,3-6H2,(H,13,14)(H2,11,12,15). The van der Waals surface area contributed by atoms with Crippen LogP contribution in [0.1, 0.15) is 19.3 Å². The van der Waals surface area contributed by atoms with Gasteiger partial charge in [-0.25, -0.2) is 4.79 Å². The molecule has 1 aliphatic carbocycles. The summed E-state index contributed by atoms with van der Waals surface area (Å²) in [5.41, 5.74) is 0. The fourth-order valence-corrected chi connectivity index (χ4v) is 1.37. The molecule has 0 bridgehead atoms. The lowest BCUT2D eigenvalue weighted by Gasteiger charge is -2.15. The largest absolute Gasteiger partial charge is 0.481 e. The van der Waals surface area contributed by atoms with E-state index in [0.29, 0.717) is 5.92 Å². The van der Waals surface area contributed by atoms with Gasteiger partial charge in [-0.3, -0.25) is 4.79 Å². The van der Waals surface area contributed by atoms with E-state index in [4.69, 9.17) is 11.5 Å². The molecule has 0 heterocycles. The number of rotatable bonds is 5. The van der Waals surface area contributed by atoms with Crippen molar-refractivity contribution in [3.8, 4) is 12.3 Å². The first-order chi connectivity index (χ1) is 7.13. The van der Waals surface area contributed by atoms with Crippen molar-refractivity contribution in [3.63, 3.8) is 0 Å². The first kappa shape index (κ1) is 11.4. The molecule has 1 fully saturated rings. The Hall–Kier alpha value is -1.70. The number of amides is 2. The van der Waals surface area contributed by atoms with Gasteiger partial charge >= 0.3 is 12.0 Å². The van der Waals surface area contributed by atoms with Gasteiger partial charge in [0.1, 0.15) is 0 Å². The van der Waals surface area contributed by atoms with Crippen LogP contribution in [0, 0.1) is 18.3 Å². The summed E-state index contributed by atoms with van der Waals surface area (Å²) in [4.78, 5) is 21.7. The summed E-state index contributed by atoms with van der Waals surface area (Å²) in [6.45, 7) is 0.149. The van der Waals surface area contributed by atoms with Crippen LogP contribution >= 0.6 is 0 Å². The Morgan fingerprint density at radius 3 is 2.67 bits per heavy atom. The lowest BCUT2D eigenvalue weighted by atomic mass is 10.1. The van der Waals surface area contributed by atoms with Crippen LogP contribution in [-0.2, 0) is 4.79 Å². The Bertz CT molecular complexity index is 292. The maximum Gasteiger partial charge on any atom is 0.315 e. The number of nitrogens with one attached hydrogen (secondary N) is 2. The van der Waals surface area contributed by atoms with Crippen molar-refractivity contribution in [2.45, 2.75) is 25.3 Å². The predicted octanol–water partition coefficient (Wildman–Crippen LogP) is 0.172. The number of terminal acetylenes is 1. The normalized spacial score (nSPS) is 16.2. The number of hydrogen-bond acceptors (Lipinski definition) is 2. The van der Waals surface area contributed by atoms with Crippen LogP contribution in [0.2, 0.25) is 0 Å². The second kappa shape index (κ2) is 5.25. The van der Waals surface area contributed by atoms with Crippen molar-refractivity contribution in [2.75, 3.05) is 6.54 Å². The molecular formula is C10H14N2O3. The molecule has 0 saturated heterocycles. The molecule has 0 spiro atoms. The molecule has 1 unspecified atom stereocenters. The second-order valence-electron chi connectivity index (χ2n) is 3.57. The van der Waals surface area contributed by atoms with Gasteiger partial charge in [0.15, 0.2) is 0 Å². The van der Waals surface area contributed by atoms with Crippen LogP contribution < -0.4 is 10.6 Å². The molecule has 0 aromatic rings. The number of aliphatic carboxylic acids is 1. The number of carbonyl (C=O) groups excluding carboxylic acids is 1. The lowest BCUT2D eigenvalue weighted by molar-refractivity contribution is -0.137. The number of carboxylic acid groups (broad SMARTS) is 1. The molecule has 1 atom stereocenters. The van der Waals surface area contributed by atoms with E-state index in [9.17, 15) is 9.59 Å². The molecule has 2 amide bonds. The molecule has 1 aliphatic rings. The number of carbonyl (C=O) groups is 2. The molecule has 15 heavy (non-hydrogen) atoms. The summed E-state index contributed by atoms with van der Waals surface area (Å²) in [6, 6.07) is -0.675. The van der Waals surface area contributed by atoms with Crippen molar-refractivity contribution in [3.05, 3.63) is 0 Å². The smallest absolute Gasteiger partial charge is 0.315 e. The van der Waals surface area contributed by atoms with Crippen LogP contribution in [0.3, 0.4) is 0 Å². The van der Waals surface area contributed by atoms with Crippen molar-refractivity contribution < 1.29 is 14.7 Å². The van der Waals surface area contributed by atoms with E-state index in [2.05, 4.69) is 16.6 Å². The van der Waals surface area contributed by atoms with E-state index in [-0.39, 0.29) is 19.0 Å². The van der Waals surface area contributed by atoms with Crippen molar-refractivity contribution >= 4 is 12.0 Å². The van der Waals surface area contributed by atoms with Gasteiger partial charge in [-0.15, -0.1) is 6.42 Å². The molecule has 0 aromatic heterocycles. The van der Waals surface area contributed by atoms with Gasteiger partial charge < -0.3 is 15.7 Å². The monoisotopic (exact) mass is 210 g/mol. The minimum atomic E-state index is -0.899. The Kier molecular flexibility index (Phi) is 3.98. The summed E-state index contributed by atoms with van der Waals surface area (Å²) >= 11 is 0. The summed E-state index contributed by atoms with van der Waals surface area (Å²) in [6.07, 6.45) is 6.90. The van der Waals surface area contributed by atoms with Crippen molar-refractivity contribution in [1.29, 1.82) is 0 Å². The number of urea groups is 1. The summed E-state index contributed by atoms with van der Waals surface area (Å²) < 4.78 is 0. The van der Waals surface area contributed by atoms with Crippen molar-refractivity contribution in [2.24, 2.45) is 5.92 Å². The highest BCUT2D eigenvalue weighted by Gasteiger charge is 2.33. The van der Waals surface area contributed by atoms with E-state index in [1.807, 2.05) is 0 Å². The minimum Gasteiger partial charge on any atom is -0.481 e. The fraction of sp³-hybridized carbons (Fsp3) is 0.600. The average Bonchev–Trinajstić information content (AvgIpc) is 2.96. The first-order valence-electron chi connectivity index (χ1n) is 4.83. The van der Waals surface area contributed by atoms with Crippen LogP contribution in [0.25, 0.3) is 0 Å². The van der Waals surface area contributed by atoms with E-state index in [1.165, 1.54) is 0 Å². The van der Waals surface area contributed by atoms with Gasteiger partial charge in [0, 0.05) is 6.04 Å². The maximum atomic E-state index is 11.2. The lowest BCUT2D eigenvalue weighted by Crippen LogP contribution is -2.44. The number of carboxylic acids is 1. The summed E-state index contributed by atoms with van der Waals surface area (Å²) in [5.74, 6) is 1.67. The van der Waals surface area contributed by atoms with Gasteiger partial charge in [-0.1, -0.05) is 5.92 Å². The Morgan fingerprint density at radius 2 is 2.20 bits per heavy atom. The molecule has 3 N–H and O–H groups in total. The van der Waals surface area contributed by atoms with Crippen molar-refractivity contribution in [1.82, 2.24) is 10.6 Å². The van der Waals surface area contributed by atoms with Gasteiger partial charge in [0.2, 0.25) is 0 Å². The molecule has 1 saturated carbocycles. The SMILES string of the molecule is C#CCNC(=O)NC(CC(=O)O)C1CC1. The van der Waals surface area contributed by atoms with Crippen LogP contribution in [-0.4, -0.2) is 29.7 Å². The van der Waals surface area contributed by atoms with Crippen LogP contribution in [0.15, 0.2) is 0 Å². The fourth-order valence-electron chi connectivity index (χ4n) is 1.37. The predicted molar refractivity (Wildman–Crippen MR) is 54.1 cm³/mol. The van der Waals surface area contributed by atoms with E-state index in [0.717, 1.165) is 12.8 Å². The molecule has 0 aromatic carbocycles. The number of hydrogen-bond donors (Lipinski definition) is 3. The van der Waals surface area contributed by atoms with Gasteiger partial charge in [0.05, 0.1) is 13.0 Å². The topological polar surface area (TPSA) is 78.4 Å². The van der Waals surface area contributed by atoms with Gasteiger partial charge in [0.25, 0.3) is 0 Å². The first-order valence-corrected chi connectivity index (χ1v) is 4.83. The summed E-state index contributed by atoms with van der Waals surface area (Å²) in [7, 11) is 0. The Morgan fingerprint density at radius 1 is 1.53 bits per heavy atom. The Balaban J connectivity index is 2.34. The van der Waals surface area contributed by atoms with Gasteiger partial charge in [-0.2, -0.15) is 0 Å². The molecule has 5 heteroatoms. The zero-order valence-corrected chi connectivity index (χ0v) is 8.32. The molecule has 0 aliphatic heterocycles. The molecule has 82 valence electrons. The zero-order chi connectivity index (χ0) is 11.3. The Labute approximate surface area is 88.2 Å². The third kappa shape index (κ3) is 4.36. The highest BCUT2D eigenvalue weighted by Crippen LogP contribution is 2.33. The van der Waals surface area contributed by atoms with Crippen LogP contribution in [0.4, 0.5) is 4.79 Å². The third-order valence-corrected chi connectivity index (χ3v) is 2.25.